The van der Waals surface area contributed by atoms with Crippen molar-refractivity contribution in [1.82, 2.24) is 10.6 Å². The molecule has 3 amide bonds. The summed E-state index contributed by atoms with van der Waals surface area (Å²) in [5.41, 5.74) is 5.42. The highest BCUT2D eigenvalue weighted by Crippen LogP contribution is 2.36. The Kier molecular flexibility index (Phi) is 5.20. The van der Waals surface area contributed by atoms with E-state index in [1.54, 1.807) is 0 Å². The van der Waals surface area contributed by atoms with Gasteiger partial charge in [0.25, 0.3) is 0 Å². The zero-order valence-corrected chi connectivity index (χ0v) is 12.5. The van der Waals surface area contributed by atoms with Crippen LogP contribution in [0.15, 0.2) is 0 Å². The molecule has 0 spiro atoms. The Bertz CT molecular complexity index is 340. The molecule has 0 aromatic rings. The zero-order valence-electron chi connectivity index (χ0n) is 12.5. The monoisotopic (exact) mass is 269 g/mol. The molecule has 0 aromatic heterocycles. The van der Waals surface area contributed by atoms with Gasteiger partial charge < -0.3 is 16.4 Å². The molecule has 0 aromatic carbocycles. The van der Waals surface area contributed by atoms with Crippen LogP contribution in [0.5, 0.6) is 0 Å². The Morgan fingerprint density at radius 3 is 2.42 bits per heavy atom. The number of hydrogen-bond acceptors (Lipinski definition) is 2. The molecule has 110 valence electrons. The second kappa shape index (κ2) is 6.26. The number of amides is 3. The number of nitrogens with one attached hydrogen (secondary N) is 2. The number of urea groups is 1. The van der Waals surface area contributed by atoms with Gasteiger partial charge in [0.05, 0.1) is 0 Å². The standard InChI is InChI=1S/C14H27N3O2/c1-9(2)7-11(17-13(15)19)12(18)16-10-5-6-14(3,4)8-10/h9-11H,5-8H2,1-4H3,(H,16,18)(H3,15,17,19). The summed E-state index contributed by atoms with van der Waals surface area (Å²) in [5.74, 6) is 0.206. The molecule has 0 saturated heterocycles. The normalized spacial score (nSPS) is 23.1. The van der Waals surface area contributed by atoms with Crippen LogP contribution in [0.25, 0.3) is 0 Å². The number of carbonyl (C=O) groups excluding carboxylic acids is 2. The molecule has 5 heteroatoms. The van der Waals surface area contributed by atoms with Crippen LogP contribution in [-0.2, 0) is 4.79 Å². The number of primary amides is 1. The highest BCUT2D eigenvalue weighted by Gasteiger charge is 2.33. The van der Waals surface area contributed by atoms with Crippen LogP contribution in [0.4, 0.5) is 4.79 Å². The molecule has 1 saturated carbocycles. The minimum Gasteiger partial charge on any atom is -0.352 e. The third-order valence-corrected chi connectivity index (χ3v) is 3.66. The summed E-state index contributed by atoms with van der Waals surface area (Å²) in [6, 6.07) is -0.958. The van der Waals surface area contributed by atoms with Crippen molar-refractivity contribution in [3.05, 3.63) is 0 Å². The zero-order chi connectivity index (χ0) is 14.6. The lowest BCUT2D eigenvalue weighted by atomic mass is 9.92. The average molecular weight is 269 g/mol. The van der Waals surface area contributed by atoms with E-state index in [1.165, 1.54) is 0 Å². The van der Waals surface area contributed by atoms with Gasteiger partial charge in [-0.25, -0.2) is 4.79 Å². The van der Waals surface area contributed by atoms with Gasteiger partial charge in [0.15, 0.2) is 0 Å². The molecule has 1 rings (SSSR count). The van der Waals surface area contributed by atoms with Crippen LogP contribution >= 0.6 is 0 Å². The van der Waals surface area contributed by atoms with Crippen molar-refractivity contribution in [3.63, 3.8) is 0 Å². The van der Waals surface area contributed by atoms with Crippen molar-refractivity contribution in [1.29, 1.82) is 0 Å². The van der Waals surface area contributed by atoms with Gasteiger partial charge in [-0.05, 0) is 37.0 Å². The SMILES string of the molecule is CC(C)CC(NC(N)=O)C(=O)NC1CCC(C)(C)C1. The maximum absolute atomic E-state index is 12.2. The van der Waals surface area contributed by atoms with Gasteiger partial charge >= 0.3 is 6.03 Å². The maximum Gasteiger partial charge on any atom is 0.312 e. The number of rotatable bonds is 5. The van der Waals surface area contributed by atoms with Gasteiger partial charge in [-0.15, -0.1) is 0 Å². The minimum absolute atomic E-state index is 0.116. The van der Waals surface area contributed by atoms with E-state index in [9.17, 15) is 9.59 Å². The molecule has 1 aliphatic rings. The first-order valence-electron chi connectivity index (χ1n) is 7.06. The molecule has 5 nitrogen and oxygen atoms in total. The van der Waals surface area contributed by atoms with Gasteiger partial charge in [-0.3, -0.25) is 4.79 Å². The second-order valence-electron chi connectivity index (χ2n) is 6.80. The predicted octanol–water partition coefficient (Wildman–Crippen LogP) is 1.76. The van der Waals surface area contributed by atoms with Crippen LogP contribution < -0.4 is 16.4 Å². The van der Waals surface area contributed by atoms with E-state index in [0.29, 0.717) is 17.8 Å². The first-order valence-corrected chi connectivity index (χ1v) is 7.06. The van der Waals surface area contributed by atoms with Gasteiger partial charge in [-0.1, -0.05) is 27.7 Å². The van der Waals surface area contributed by atoms with E-state index in [0.717, 1.165) is 19.3 Å². The molecule has 0 radical (unpaired) electrons. The van der Waals surface area contributed by atoms with E-state index in [4.69, 9.17) is 5.73 Å². The first kappa shape index (κ1) is 15.8. The predicted molar refractivity (Wildman–Crippen MR) is 75.5 cm³/mol. The van der Waals surface area contributed by atoms with Gasteiger partial charge in [-0.2, -0.15) is 0 Å². The smallest absolute Gasteiger partial charge is 0.312 e. The van der Waals surface area contributed by atoms with E-state index in [-0.39, 0.29) is 11.9 Å². The first-order chi connectivity index (χ1) is 8.69. The second-order valence-corrected chi connectivity index (χ2v) is 6.80. The average Bonchev–Trinajstić information content (AvgIpc) is 2.55. The summed E-state index contributed by atoms with van der Waals surface area (Å²) >= 11 is 0. The summed E-state index contributed by atoms with van der Waals surface area (Å²) in [6.45, 7) is 8.46. The van der Waals surface area contributed by atoms with Crippen molar-refractivity contribution < 1.29 is 9.59 Å². The summed E-state index contributed by atoms with van der Waals surface area (Å²) in [4.78, 5) is 23.2. The van der Waals surface area contributed by atoms with Crippen LogP contribution in [0, 0.1) is 11.3 Å². The Morgan fingerprint density at radius 1 is 1.37 bits per heavy atom. The van der Waals surface area contributed by atoms with Crippen molar-refractivity contribution >= 4 is 11.9 Å². The molecule has 2 atom stereocenters. The highest BCUT2D eigenvalue weighted by atomic mass is 16.2. The largest absolute Gasteiger partial charge is 0.352 e. The lowest BCUT2D eigenvalue weighted by Gasteiger charge is -2.22. The van der Waals surface area contributed by atoms with Crippen LogP contribution in [0.3, 0.4) is 0 Å². The maximum atomic E-state index is 12.2. The summed E-state index contributed by atoms with van der Waals surface area (Å²) in [7, 11) is 0. The molecule has 0 aliphatic heterocycles. The Labute approximate surface area is 115 Å². The molecule has 0 heterocycles. The topological polar surface area (TPSA) is 84.2 Å². The molecule has 1 aliphatic carbocycles. The van der Waals surface area contributed by atoms with Crippen molar-refractivity contribution in [2.45, 2.75) is 65.5 Å². The van der Waals surface area contributed by atoms with Crippen molar-refractivity contribution in [2.75, 3.05) is 0 Å². The molecule has 4 N–H and O–H groups in total. The fraction of sp³-hybridized carbons (Fsp3) is 0.857. The van der Waals surface area contributed by atoms with E-state index >= 15 is 0 Å². The summed E-state index contributed by atoms with van der Waals surface area (Å²) in [6.07, 6.45) is 3.72. The van der Waals surface area contributed by atoms with Crippen LogP contribution in [0.1, 0.15) is 53.4 Å². The highest BCUT2D eigenvalue weighted by molar-refractivity contribution is 5.86. The summed E-state index contributed by atoms with van der Waals surface area (Å²) < 4.78 is 0. The Hall–Kier alpha value is -1.26. The van der Waals surface area contributed by atoms with Gasteiger partial charge in [0, 0.05) is 6.04 Å². The minimum atomic E-state index is -0.646. The fourth-order valence-electron chi connectivity index (χ4n) is 2.74. The number of carbonyl (C=O) groups is 2. The van der Waals surface area contributed by atoms with Crippen LogP contribution in [-0.4, -0.2) is 24.0 Å². The Balaban J connectivity index is 2.54. The quantitative estimate of drug-likeness (QED) is 0.710. The third-order valence-electron chi connectivity index (χ3n) is 3.66. The lowest BCUT2D eigenvalue weighted by molar-refractivity contribution is -0.124. The van der Waals surface area contributed by atoms with E-state index in [2.05, 4.69) is 24.5 Å². The fourth-order valence-corrected chi connectivity index (χ4v) is 2.74. The molecule has 0 bridgehead atoms. The molecular weight excluding hydrogens is 242 g/mol. The molecule has 19 heavy (non-hydrogen) atoms. The number of hydrogen-bond donors (Lipinski definition) is 3. The van der Waals surface area contributed by atoms with Crippen LogP contribution in [0.2, 0.25) is 0 Å². The summed E-state index contributed by atoms with van der Waals surface area (Å²) in [5, 5.41) is 5.57. The Morgan fingerprint density at radius 2 is 2.00 bits per heavy atom. The molecular formula is C14H27N3O2. The van der Waals surface area contributed by atoms with Gasteiger partial charge in [0.2, 0.25) is 5.91 Å². The molecule has 2 unspecified atom stereocenters. The van der Waals surface area contributed by atoms with Crippen molar-refractivity contribution in [3.8, 4) is 0 Å². The molecule has 1 fully saturated rings. The lowest BCUT2D eigenvalue weighted by Crippen LogP contribution is -2.51. The number of nitrogens with two attached hydrogens (primary N) is 1. The third kappa shape index (κ3) is 5.49. The van der Waals surface area contributed by atoms with E-state index < -0.39 is 12.1 Å². The van der Waals surface area contributed by atoms with E-state index in [1.807, 2.05) is 13.8 Å². The van der Waals surface area contributed by atoms with Gasteiger partial charge in [0.1, 0.15) is 6.04 Å². The van der Waals surface area contributed by atoms with Crippen molar-refractivity contribution in [2.24, 2.45) is 17.1 Å².